The number of hydrogen-bond donors (Lipinski definition) is 1. The highest BCUT2D eigenvalue weighted by molar-refractivity contribution is 8.27. The molecule has 0 aliphatic carbocycles. The second kappa shape index (κ2) is 8.56. The van der Waals surface area contributed by atoms with E-state index in [9.17, 15) is 9.59 Å². The minimum absolute atomic E-state index is 0.0794. The standard InChI is InChI=1S/C19H14ClNO4S2/c20-13-4-6-14(7-5-13)21-18(24)16(27-19(21)26)11-12-2-1-3-15(10-12)25-9-8-17(22)23/h1-7,10-11H,8-9H2,(H,22,23)/b16-11+. The monoisotopic (exact) mass is 419 g/mol. The molecule has 0 atom stereocenters. The lowest BCUT2D eigenvalue weighted by Crippen LogP contribution is -2.27. The van der Waals surface area contributed by atoms with E-state index in [0.717, 1.165) is 5.56 Å². The zero-order chi connectivity index (χ0) is 19.4. The number of benzene rings is 2. The van der Waals surface area contributed by atoms with Crippen LogP contribution in [0.25, 0.3) is 6.08 Å². The van der Waals surface area contributed by atoms with Crippen LogP contribution in [-0.4, -0.2) is 27.9 Å². The van der Waals surface area contributed by atoms with Gasteiger partial charge in [-0.05, 0) is 48.0 Å². The predicted molar refractivity (Wildman–Crippen MR) is 111 cm³/mol. The fraction of sp³-hybridized carbons (Fsp3) is 0.105. The maximum atomic E-state index is 12.8. The quantitative estimate of drug-likeness (QED) is 0.545. The number of carboxylic acid groups (broad SMARTS) is 1. The summed E-state index contributed by atoms with van der Waals surface area (Å²) < 4.78 is 5.87. The van der Waals surface area contributed by atoms with Crippen LogP contribution in [0.3, 0.4) is 0 Å². The first-order chi connectivity index (χ1) is 12.9. The number of nitrogens with zero attached hydrogens (tertiary/aromatic N) is 1. The van der Waals surface area contributed by atoms with E-state index in [-0.39, 0.29) is 18.9 Å². The van der Waals surface area contributed by atoms with E-state index in [1.165, 1.54) is 16.7 Å². The number of halogens is 1. The molecule has 1 amide bonds. The van der Waals surface area contributed by atoms with Gasteiger partial charge in [0.05, 0.1) is 23.6 Å². The van der Waals surface area contributed by atoms with Crippen LogP contribution in [0.5, 0.6) is 5.75 Å². The normalized spacial score (nSPS) is 15.4. The first kappa shape index (κ1) is 19.4. The van der Waals surface area contributed by atoms with Crippen molar-refractivity contribution in [2.24, 2.45) is 0 Å². The third kappa shape index (κ3) is 4.88. The van der Waals surface area contributed by atoms with Crippen LogP contribution in [0.4, 0.5) is 5.69 Å². The van der Waals surface area contributed by atoms with Crippen molar-refractivity contribution in [2.75, 3.05) is 11.5 Å². The zero-order valence-electron chi connectivity index (χ0n) is 13.9. The summed E-state index contributed by atoms with van der Waals surface area (Å²) in [4.78, 5) is 25.3. The highest BCUT2D eigenvalue weighted by Gasteiger charge is 2.33. The number of thiocarbonyl (C=S) groups is 1. The molecular weight excluding hydrogens is 406 g/mol. The summed E-state index contributed by atoms with van der Waals surface area (Å²) in [6.07, 6.45) is 1.66. The van der Waals surface area contributed by atoms with Crippen molar-refractivity contribution in [3.63, 3.8) is 0 Å². The van der Waals surface area contributed by atoms with Crippen LogP contribution in [0.2, 0.25) is 5.02 Å². The van der Waals surface area contributed by atoms with Crippen LogP contribution >= 0.6 is 35.6 Å². The summed E-state index contributed by atoms with van der Waals surface area (Å²) in [6, 6.07) is 14.0. The van der Waals surface area contributed by atoms with Gasteiger partial charge in [-0.3, -0.25) is 14.5 Å². The largest absolute Gasteiger partial charge is 0.493 e. The Morgan fingerprint density at radius 3 is 2.70 bits per heavy atom. The number of anilines is 1. The highest BCUT2D eigenvalue weighted by atomic mass is 35.5. The predicted octanol–water partition coefficient (Wildman–Crippen LogP) is 4.60. The van der Waals surface area contributed by atoms with Crippen LogP contribution < -0.4 is 9.64 Å². The molecule has 1 aliphatic rings. The van der Waals surface area contributed by atoms with Crippen molar-refractivity contribution in [3.8, 4) is 5.75 Å². The summed E-state index contributed by atoms with van der Waals surface area (Å²) in [5, 5.41) is 9.25. The maximum Gasteiger partial charge on any atom is 0.306 e. The smallest absolute Gasteiger partial charge is 0.306 e. The fourth-order valence-corrected chi connectivity index (χ4v) is 3.81. The molecule has 1 aliphatic heterocycles. The number of hydrogen-bond acceptors (Lipinski definition) is 5. The van der Waals surface area contributed by atoms with Gasteiger partial charge in [0, 0.05) is 5.02 Å². The van der Waals surface area contributed by atoms with Crippen molar-refractivity contribution < 1.29 is 19.4 Å². The third-order valence-electron chi connectivity index (χ3n) is 3.62. The van der Waals surface area contributed by atoms with Gasteiger partial charge in [0.1, 0.15) is 5.75 Å². The number of thioether (sulfide) groups is 1. The average molecular weight is 420 g/mol. The van der Waals surface area contributed by atoms with Crippen molar-refractivity contribution in [1.29, 1.82) is 0 Å². The Kier molecular flexibility index (Phi) is 6.15. The molecule has 0 aromatic heterocycles. The number of carboxylic acids is 1. The summed E-state index contributed by atoms with van der Waals surface area (Å²) in [7, 11) is 0. The fourth-order valence-electron chi connectivity index (χ4n) is 2.38. The highest BCUT2D eigenvalue weighted by Crippen LogP contribution is 2.36. The lowest BCUT2D eigenvalue weighted by atomic mass is 10.2. The van der Waals surface area contributed by atoms with Crippen LogP contribution in [-0.2, 0) is 9.59 Å². The average Bonchev–Trinajstić information content (AvgIpc) is 2.89. The first-order valence-electron chi connectivity index (χ1n) is 7.92. The first-order valence-corrected chi connectivity index (χ1v) is 9.52. The lowest BCUT2D eigenvalue weighted by Gasteiger charge is -2.14. The van der Waals surface area contributed by atoms with Gasteiger partial charge in [0.2, 0.25) is 0 Å². The summed E-state index contributed by atoms with van der Waals surface area (Å²) in [5.41, 5.74) is 1.43. The minimum atomic E-state index is -0.919. The van der Waals surface area contributed by atoms with Crippen molar-refractivity contribution in [2.45, 2.75) is 6.42 Å². The molecule has 2 aromatic rings. The molecule has 0 radical (unpaired) electrons. The Balaban J connectivity index is 1.77. The van der Waals surface area contributed by atoms with Gasteiger partial charge in [-0.2, -0.15) is 0 Å². The van der Waals surface area contributed by atoms with Crippen LogP contribution in [0.1, 0.15) is 12.0 Å². The number of carbonyl (C=O) groups is 2. The molecule has 0 saturated carbocycles. The van der Waals surface area contributed by atoms with Gasteiger partial charge in [-0.15, -0.1) is 0 Å². The van der Waals surface area contributed by atoms with E-state index in [4.69, 9.17) is 33.7 Å². The molecular formula is C19H14ClNO4S2. The number of ether oxygens (including phenoxy) is 1. The SMILES string of the molecule is O=C(O)CCOc1cccc(/C=C2/SC(=S)N(c3ccc(Cl)cc3)C2=O)c1. The van der Waals surface area contributed by atoms with E-state index < -0.39 is 5.97 Å². The van der Waals surface area contributed by atoms with Crippen molar-refractivity contribution in [1.82, 2.24) is 0 Å². The Bertz CT molecular complexity index is 928. The second-order valence-corrected chi connectivity index (χ2v) is 7.67. The number of amides is 1. The Labute approximate surface area is 170 Å². The molecule has 1 saturated heterocycles. The van der Waals surface area contributed by atoms with Crippen molar-refractivity contribution >= 4 is 63.5 Å². The lowest BCUT2D eigenvalue weighted by molar-refractivity contribution is -0.137. The van der Waals surface area contributed by atoms with Gasteiger partial charge < -0.3 is 9.84 Å². The molecule has 1 N–H and O–H groups in total. The van der Waals surface area contributed by atoms with E-state index in [2.05, 4.69) is 0 Å². The van der Waals surface area contributed by atoms with E-state index in [1.807, 2.05) is 6.07 Å². The van der Waals surface area contributed by atoms with E-state index in [0.29, 0.717) is 25.7 Å². The summed E-state index contributed by atoms with van der Waals surface area (Å²) >= 11 is 12.5. The second-order valence-electron chi connectivity index (χ2n) is 5.56. The molecule has 8 heteroatoms. The molecule has 138 valence electrons. The molecule has 0 bridgehead atoms. The molecule has 1 fully saturated rings. The number of aliphatic carboxylic acids is 1. The number of carbonyl (C=O) groups excluding carboxylic acids is 1. The van der Waals surface area contributed by atoms with Gasteiger partial charge in [-0.1, -0.05) is 47.7 Å². The summed E-state index contributed by atoms with van der Waals surface area (Å²) in [5.74, 6) is -0.584. The van der Waals surface area contributed by atoms with Gasteiger partial charge in [0.25, 0.3) is 5.91 Å². The molecule has 2 aromatic carbocycles. The zero-order valence-corrected chi connectivity index (χ0v) is 16.3. The van der Waals surface area contributed by atoms with Crippen LogP contribution in [0, 0.1) is 0 Å². The third-order valence-corrected chi connectivity index (χ3v) is 5.17. The van der Waals surface area contributed by atoms with Crippen molar-refractivity contribution in [3.05, 3.63) is 64.0 Å². The molecule has 5 nitrogen and oxygen atoms in total. The number of rotatable bonds is 6. The Morgan fingerprint density at radius 2 is 2.00 bits per heavy atom. The summed E-state index contributed by atoms with van der Waals surface area (Å²) in [6.45, 7) is 0.0808. The minimum Gasteiger partial charge on any atom is -0.493 e. The Morgan fingerprint density at radius 1 is 1.26 bits per heavy atom. The van der Waals surface area contributed by atoms with E-state index in [1.54, 1.807) is 48.5 Å². The van der Waals surface area contributed by atoms with E-state index >= 15 is 0 Å². The molecule has 3 rings (SSSR count). The van der Waals surface area contributed by atoms with Gasteiger partial charge >= 0.3 is 5.97 Å². The molecule has 0 spiro atoms. The maximum absolute atomic E-state index is 12.8. The molecule has 1 heterocycles. The molecule has 0 unspecified atom stereocenters. The molecule has 27 heavy (non-hydrogen) atoms. The van der Waals surface area contributed by atoms with Crippen LogP contribution in [0.15, 0.2) is 53.4 Å². The topological polar surface area (TPSA) is 66.8 Å². The van der Waals surface area contributed by atoms with Gasteiger partial charge in [-0.25, -0.2) is 0 Å². The Hall–Kier alpha value is -2.35. The van der Waals surface area contributed by atoms with Gasteiger partial charge in [0.15, 0.2) is 4.32 Å².